The Morgan fingerprint density at radius 3 is 2.42 bits per heavy atom. The lowest BCUT2D eigenvalue weighted by Crippen LogP contribution is -2.15. The maximum atomic E-state index is 12.9. The molecule has 0 bridgehead atoms. The Hall–Kier alpha value is -4.73. The molecule has 10 heteroatoms. The highest BCUT2D eigenvalue weighted by Crippen LogP contribution is 2.42. The zero-order valence-corrected chi connectivity index (χ0v) is 15.6. The lowest BCUT2D eigenvalue weighted by Gasteiger charge is -2.06. The Kier molecular flexibility index (Phi) is 4.29. The second-order valence-electron chi connectivity index (χ2n) is 6.39. The Labute approximate surface area is 173 Å². The van der Waals surface area contributed by atoms with Gasteiger partial charge in [-0.1, -0.05) is 12.1 Å². The van der Waals surface area contributed by atoms with E-state index < -0.39 is 10.8 Å². The van der Waals surface area contributed by atoms with Gasteiger partial charge in [0.2, 0.25) is 5.71 Å². The number of nitro benzene ring substituents is 1. The number of rotatable bonds is 5. The summed E-state index contributed by atoms with van der Waals surface area (Å²) in [6.45, 7) is 0. The molecule has 5 rings (SSSR count). The molecular weight excluding hydrogens is 404 g/mol. The molecule has 4 heterocycles. The first kappa shape index (κ1) is 18.3. The van der Waals surface area contributed by atoms with Gasteiger partial charge >= 0.3 is 0 Å². The van der Waals surface area contributed by atoms with Crippen LogP contribution >= 0.6 is 0 Å². The van der Waals surface area contributed by atoms with E-state index in [0.29, 0.717) is 28.2 Å². The summed E-state index contributed by atoms with van der Waals surface area (Å²) in [5, 5.41) is 14.3. The van der Waals surface area contributed by atoms with Crippen LogP contribution in [0.2, 0.25) is 0 Å². The second kappa shape index (κ2) is 7.26. The van der Waals surface area contributed by atoms with Crippen LogP contribution in [-0.4, -0.2) is 20.8 Å². The van der Waals surface area contributed by atoms with Crippen LogP contribution < -0.4 is 5.32 Å². The van der Waals surface area contributed by atoms with E-state index >= 15 is 0 Å². The predicted octanol–water partition coefficient (Wildman–Crippen LogP) is 4.90. The summed E-state index contributed by atoms with van der Waals surface area (Å²) in [5.41, 5.74) is 0.243. The first-order valence-corrected chi connectivity index (χ1v) is 9.03. The van der Waals surface area contributed by atoms with E-state index in [-0.39, 0.29) is 22.8 Å². The number of fused-ring (bicyclic) bond motifs is 1. The first-order chi connectivity index (χ1) is 15.1. The standard InChI is InChI=1S/C21H12N4O6/c26-20(12-5-1-2-6-13(12)25(27)28)24-19-17-16(14-7-3-9-29-14)18(15-8-4-10-30-15)31-21(17)23-11-22-19/h1-11H,(H,22,23,24,26). The summed E-state index contributed by atoms with van der Waals surface area (Å²) in [4.78, 5) is 31.9. The lowest BCUT2D eigenvalue weighted by atomic mass is 10.1. The van der Waals surface area contributed by atoms with Crippen LogP contribution in [0.5, 0.6) is 0 Å². The van der Waals surface area contributed by atoms with Gasteiger partial charge in [0.15, 0.2) is 11.5 Å². The Morgan fingerprint density at radius 1 is 0.968 bits per heavy atom. The molecule has 5 aromatic rings. The number of benzene rings is 1. The van der Waals surface area contributed by atoms with Gasteiger partial charge in [0.25, 0.3) is 11.6 Å². The largest absolute Gasteiger partial charge is 0.464 e. The molecule has 0 saturated heterocycles. The molecule has 0 radical (unpaired) electrons. The summed E-state index contributed by atoms with van der Waals surface area (Å²) in [6, 6.07) is 12.5. The van der Waals surface area contributed by atoms with Crippen LogP contribution in [0, 0.1) is 10.1 Å². The number of amides is 1. The highest BCUT2D eigenvalue weighted by molar-refractivity contribution is 6.13. The van der Waals surface area contributed by atoms with Crippen molar-refractivity contribution in [1.82, 2.24) is 9.97 Å². The Morgan fingerprint density at radius 2 is 1.71 bits per heavy atom. The van der Waals surface area contributed by atoms with E-state index in [9.17, 15) is 14.9 Å². The van der Waals surface area contributed by atoms with Gasteiger partial charge in [0.05, 0.1) is 28.4 Å². The molecule has 0 aliphatic heterocycles. The number of furan rings is 3. The van der Waals surface area contributed by atoms with E-state index in [1.807, 2.05) is 0 Å². The van der Waals surface area contributed by atoms with Crippen molar-refractivity contribution < 1.29 is 23.0 Å². The number of nitrogens with zero attached hydrogens (tertiary/aromatic N) is 3. The molecule has 0 saturated carbocycles. The number of hydrogen-bond acceptors (Lipinski definition) is 8. The molecule has 1 aromatic carbocycles. The molecule has 1 N–H and O–H groups in total. The minimum atomic E-state index is -0.696. The number of para-hydroxylation sites is 1. The van der Waals surface area contributed by atoms with Crippen LogP contribution in [-0.2, 0) is 0 Å². The maximum Gasteiger partial charge on any atom is 0.282 e. The van der Waals surface area contributed by atoms with E-state index in [1.165, 1.54) is 37.1 Å². The average Bonchev–Trinajstić information content (AvgIpc) is 3.53. The van der Waals surface area contributed by atoms with Gasteiger partial charge in [-0.15, -0.1) is 0 Å². The monoisotopic (exact) mass is 416 g/mol. The van der Waals surface area contributed by atoms with Crippen molar-refractivity contribution in [3.63, 3.8) is 0 Å². The molecule has 31 heavy (non-hydrogen) atoms. The second-order valence-corrected chi connectivity index (χ2v) is 6.39. The molecule has 0 fully saturated rings. The average molecular weight is 416 g/mol. The van der Waals surface area contributed by atoms with Gasteiger partial charge < -0.3 is 18.6 Å². The van der Waals surface area contributed by atoms with Gasteiger partial charge in [0, 0.05) is 6.07 Å². The smallest absolute Gasteiger partial charge is 0.282 e. The lowest BCUT2D eigenvalue weighted by molar-refractivity contribution is -0.385. The van der Waals surface area contributed by atoms with Crippen LogP contribution in [0.4, 0.5) is 11.5 Å². The molecule has 0 unspecified atom stereocenters. The predicted molar refractivity (Wildman–Crippen MR) is 108 cm³/mol. The highest BCUT2D eigenvalue weighted by Gasteiger charge is 2.27. The summed E-state index contributed by atoms with van der Waals surface area (Å²) >= 11 is 0. The van der Waals surface area contributed by atoms with Crippen molar-refractivity contribution in [3.8, 4) is 22.8 Å². The Balaban J connectivity index is 1.67. The normalized spacial score (nSPS) is 11.0. The van der Waals surface area contributed by atoms with Crippen molar-refractivity contribution in [1.29, 1.82) is 0 Å². The fraction of sp³-hybridized carbons (Fsp3) is 0. The van der Waals surface area contributed by atoms with E-state index in [0.717, 1.165) is 0 Å². The number of carbonyl (C=O) groups excluding carboxylic acids is 1. The molecule has 0 aliphatic rings. The van der Waals surface area contributed by atoms with Crippen LogP contribution in [0.25, 0.3) is 33.9 Å². The quantitative estimate of drug-likeness (QED) is 0.315. The summed E-state index contributed by atoms with van der Waals surface area (Å²) in [5.74, 6) is 0.637. The number of hydrogen-bond donors (Lipinski definition) is 1. The first-order valence-electron chi connectivity index (χ1n) is 9.03. The van der Waals surface area contributed by atoms with Crippen LogP contribution in [0.15, 0.2) is 80.6 Å². The van der Waals surface area contributed by atoms with Crippen molar-refractivity contribution in [2.24, 2.45) is 0 Å². The van der Waals surface area contributed by atoms with Crippen molar-refractivity contribution in [2.75, 3.05) is 5.32 Å². The molecule has 10 nitrogen and oxygen atoms in total. The molecular formula is C21H12N4O6. The number of anilines is 1. The number of aromatic nitrogens is 2. The summed E-state index contributed by atoms with van der Waals surface area (Å²) < 4.78 is 16.9. The number of carbonyl (C=O) groups is 1. The minimum absolute atomic E-state index is 0.103. The number of nitro groups is 1. The van der Waals surface area contributed by atoms with Gasteiger partial charge in [-0.3, -0.25) is 14.9 Å². The third-order valence-corrected chi connectivity index (χ3v) is 4.58. The van der Waals surface area contributed by atoms with Crippen molar-refractivity contribution >= 4 is 28.5 Å². The fourth-order valence-electron chi connectivity index (χ4n) is 3.27. The molecule has 4 aromatic heterocycles. The highest BCUT2D eigenvalue weighted by atomic mass is 16.6. The molecule has 0 aliphatic carbocycles. The summed E-state index contributed by atoms with van der Waals surface area (Å²) in [6.07, 6.45) is 4.21. The van der Waals surface area contributed by atoms with Crippen molar-refractivity contribution in [2.45, 2.75) is 0 Å². The zero-order chi connectivity index (χ0) is 21.4. The maximum absolute atomic E-state index is 12.9. The molecule has 0 spiro atoms. The van der Waals surface area contributed by atoms with Gasteiger partial charge in [0.1, 0.15) is 23.5 Å². The van der Waals surface area contributed by atoms with Gasteiger partial charge in [-0.05, 0) is 30.3 Å². The fourth-order valence-corrected chi connectivity index (χ4v) is 3.27. The van der Waals surface area contributed by atoms with Gasteiger partial charge in [-0.25, -0.2) is 9.97 Å². The van der Waals surface area contributed by atoms with Crippen molar-refractivity contribution in [3.05, 3.63) is 83.1 Å². The molecule has 152 valence electrons. The van der Waals surface area contributed by atoms with E-state index in [4.69, 9.17) is 13.3 Å². The Bertz CT molecular complexity index is 1400. The van der Waals surface area contributed by atoms with Gasteiger partial charge in [-0.2, -0.15) is 0 Å². The van der Waals surface area contributed by atoms with Crippen LogP contribution in [0.3, 0.4) is 0 Å². The third-order valence-electron chi connectivity index (χ3n) is 4.58. The molecule has 1 amide bonds. The van der Waals surface area contributed by atoms with E-state index in [1.54, 1.807) is 30.3 Å². The topological polar surface area (TPSA) is 137 Å². The summed E-state index contributed by atoms with van der Waals surface area (Å²) in [7, 11) is 0. The number of nitrogens with one attached hydrogen (secondary N) is 1. The van der Waals surface area contributed by atoms with E-state index in [2.05, 4.69) is 15.3 Å². The third kappa shape index (κ3) is 3.12. The SMILES string of the molecule is O=C(Nc1ncnc2oc(-c3ccco3)c(-c3ccco3)c12)c1ccccc1[N+](=O)[O-]. The molecule has 0 atom stereocenters. The minimum Gasteiger partial charge on any atom is -0.464 e. The zero-order valence-electron chi connectivity index (χ0n) is 15.6. The van der Waals surface area contributed by atoms with Crippen LogP contribution in [0.1, 0.15) is 10.4 Å².